The van der Waals surface area contributed by atoms with E-state index in [0.29, 0.717) is 13.0 Å². The van der Waals surface area contributed by atoms with Gasteiger partial charge in [-0.2, -0.15) is 0 Å². The van der Waals surface area contributed by atoms with E-state index in [-0.39, 0.29) is 5.78 Å². The van der Waals surface area contributed by atoms with Gasteiger partial charge in [-0.1, -0.05) is 19.6 Å². The molecule has 0 heterocycles. The maximum atomic E-state index is 11.8. The molecule has 0 spiro atoms. The summed E-state index contributed by atoms with van der Waals surface area (Å²) in [5, 5.41) is 0. The highest BCUT2D eigenvalue weighted by Crippen LogP contribution is 2.25. The predicted molar refractivity (Wildman–Crippen MR) is 68.6 cm³/mol. The van der Waals surface area contributed by atoms with Crippen molar-refractivity contribution < 1.29 is 9.53 Å². The van der Waals surface area contributed by atoms with Crippen LogP contribution in [0, 0.1) is 0 Å². The quantitative estimate of drug-likeness (QED) is 0.739. The van der Waals surface area contributed by atoms with Crippen LogP contribution in [0.15, 0.2) is 30.4 Å². The highest BCUT2D eigenvalue weighted by molar-refractivity contribution is 5.98. The summed E-state index contributed by atoms with van der Waals surface area (Å²) in [7, 11) is 0. The predicted octanol–water partition coefficient (Wildman–Crippen LogP) is 3.55. The van der Waals surface area contributed by atoms with Crippen LogP contribution >= 0.6 is 0 Å². The molecule has 0 saturated heterocycles. The van der Waals surface area contributed by atoms with E-state index in [4.69, 9.17) is 4.74 Å². The van der Waals surface area contributed by atoms with E-state index in [1.807, 2.05) is 18.2 Å². The summed E-state index contributed by atoms with van der Waals surface area (Å²) in [4.78, 5) is 11.8. The van der Waals surface area contributed by atoms with Gasteiger partial charge < -0.3 is 4.74 Å². The molecule has 0 fully saturated rings. The van der Waals surface area contributed by atoms with Crippen LogP contribution in [0.4, 0.5) is 0 Å². The van der Waals surface area contributed by atoms with E-state index in [1.165, 1.54) is 0 Å². The molecule has 0 amide bonds. The number of Topliss-reactive ketones (excluding diaryl/α,β-unsaturated/α-hetero) is 1. The molecule has 0 aliphatic heterocycles. The Balaban J connectivity index is 2.12. The van der Waals surface area contributed by atoms with Crippen LogP contribution in [0.2, 0.25) is 0 Å². The molecule has 0 unspecified atom stereocenters. The first-order valence-electron chi connectivity index (χ1n) is 6.16. The normalized spacial score (nSPS) is 14.3. The Morgan fingerprint density at radius 1 is 1.41 bits per heavy atom. The average Bonchev–Trinajstić information content (AvgIpc) is 2.36. The molecule has 17 heavy (non-hydrogen) atoms. The largest absolute Gasteiger partial charge is 0.489 e. The molecule has 0 saturated carbocycles. The third kappa shape index (κ3) is 2.76. The van der Waals surface area contributed by atoms with Crippen LogP contribution in [-0.2, 0) is 6.42 Å². The maximum absolute atomic E-state index is 11.8. The number of fused-ring (bicyclic) bond motifs is 1. The Kier molecular flexibility index (Phi) is 3.62. The summed E-state index contributed by atoms with van der Waals surface area (Å²) in [6, 6.07) is 5.83. The van der Waals surface area contributed by atoms with Crippen molar-refractivity contribution in [3.05, 3.63) is 41.5 Å². The molecule has 1 aromatic rings. The average molecular weight is 230 g/mol. The molecule has 90 valence electrons. The second-order valence-electron chi connectivity index (χ2n) is 4.49. The first-order valence-corrected chi connectivity index (χ1v) is 6.16. The van der Waals surface area contributed by atoms with Gasteiger partial charge in [0, 0.05) is 12.0 Å². The zero-order chi connectivity index (χ0) is 12.3. The second kappa shape index (κ2) is 5.17. The highest BCUT2D eigenvalue weighted by atomic mass is 16.5. The zero-order valence-corrected chi connectivity index (χ0v) is 10.3. The fraction of sp³-hybridized carbons (Fsp3) is 0.400. The van der Waals surface area contributed by atoms with Crippen molar-refractivity contribution in [2.75, 3.05) is 6.61 Å². The Bertz CT molecular complexity index is 446. The molecule has 0 aromatic heterocycles. The molecule has 1 aliphatic carbocycles. The van der Waals surface area contributed by atoms with Gasteiger partial charge in [-0.25, -0.2) is 0 Å². The lowest BCUT2D eigenvalue weighted by atomic mass is 9.90. The standard InChI is InChI=1S/C15H18O2/c1-3-11(2)10-17-13-8-7-12-5-4-6-15(16)14(12)9-13/h7-9H,2-6,10H2,1H3. The number of carbonyl (C=O) groups is 1. The third-order valence-corrected chi connectivity index (χ3v) is 3.17. The van der Waals surface area contributed by atoms with Gasteiger partial charge in [-0.05, 0) is 42.5 Å². The van der Waals surface area contributed by atoms with Crippen LogP contribution in [0.1, 0.15) is 42.1 Å². The minimum absolute atomic E-state index is 0.242. The van der Waals surface area contributed by atoms with Crippen molar-refractivity contribution in [3.8, 4) is 5.75 Å². The molecule has 1 aromatic carbocycles. The Hall–Kier alpha value is -1.57. The van der Waals surface area contributed by atoms with Crippen molar-refractivity contribution in [2.24, 2.45) is 0 Å². The molecular weight excluding hydrogens is 212 g/mol. The number of benzene rings is 1. The summed E-state index contributed by atoms with van der Waals surface area (Å²) in [5.41, 5.74) is 3.06. The van der Waals surface area contributed by atoms with Gasteiger partial charge in [0.15, 0.2) is 5.78 Å². The van der Waals surface area contributed by atoms with Crippen molar-refractivity contribution >= 4 is 5.78 Å². The number of ketones is 1. The summed E-state index contributed by atoms with van der Waals surface area (Å²) < 4.78 is 5.62. The monoisotopic (exact) mass is 230 g/mol. The van der Waals surface area contributed by atoms with E-state index in [2.05, 4.69) is 13.5 Å². The number of ether oxygens (including phenoxy) is 1. The summed E-state index contributed by atoms with van der Waals surface area (Å²) in [5.74, 6) is 1.01. The van der Waals surface area contributed by atoms with Crippen LogP contribution in [-0.4, -0.2) is 12.4 Å². The topological polar surface area (TPSA) is 26.3 Å². The number of aryl methyl sites for hydroxylation is 1. The fourth-order valence-electron chi connectivity index (χ4n) is 1.98. The molecule has 2 nitrogen and oxygen atoms in total. The lowest BCUT2D eigenvalue weighted by Gasteiger charge is -2.16. The van der Waals surface area contributed by atoms with E-state index in [1.54, 1.807) is 0 Å². The van der Waals surface area contributed by atoms with Gasteiger partial charge in [0.05, 0.1) is 0 Å². The third-order valence-electron chi connectivity index (χ3n) is 3.17. The maximum Gasteiger partial charge on any atom is 0.163 e. The van der Waals surface area contributed by atoms with E-state index < -0.39 is 0 Å². The SMILES string of the molecule is C=C(CC)COc1ccc2c(c1)C(=O)CCC2. The van der Waals surface area contributed by atoms with Crippen LogP contribution in [0.5, 0.6) is 5.75 Å². The Morgan fingerprint density at radius 2 is 2.24 bits per heavy atom. The molecule has 0 N–H and O–H groups in total. The second-order valence-corrected chi connectivity index (χ2v) is 4.49. The van der Waals surface area contributed by atoms with Gasteiger partial charge in [0.25, 0.3) is 0 Å². The first-order chi connectivity index (χ1) is 8.20. The first kappa shape index (κ1) is 11.9. The van der Waals surface area contributed by atoms with E-state index in [0.717, 1.165) is 41.7 Å². The van der Waals surface area contributed by atoms with Crippen LogP contribution < -0.4 is 4.74 Å². The minimum Gasteiger partial charge on any atom is -0.489 e. The number of hydrogen-bond donors (Lipinski definition) is 0. The number of rotatable bonds is 4. The summed E-state index contributed by atoms with van der Waals surface area (Å²) in [6.45, 7) is 6.49. The summed E-state index contributed by atoms with van der Waals surface area (Å²) >= 11 is 0. The van der Waals surface area contributed by atoms with Crippen molar-refractivity contribution in [1.82, 2.24) is 0 Å². The summed E-state index contributed by atoms with van der Waals surface area (Å²) in [6.07, 6.45) is 3.56. The van der Waals surface area contributed by atoms with E-state index >= 15 is 0 Å². The van der Waals surface area contributed by atoms with E-state index in [9.17, 15) is 4.79 Å². The lowest BCUT2D eigenvalue weighted by Crippen LogP contribution is -2.11. The fourth-order valence-corrected chi connectivity index (χ4v) is 1.98. The van der Waals surface area contributed by atoms with Crippen molar-refractivity contribution in [1.29, 1.82) is 0 Å². The molecular formula is C15H18O2. The van der Waals surface area contributed by atoms with Gasteiger partial charge in [-0.3, -0.25) is 4.79 Å². The Morgan fingerprint density at radius 3 is 3.00 bits per heavy atom. The van der Waals surface area contributed by atoms with Gasteiger partial charge in [0.2, 0.25) is 0 Å². The molecule has 1 aliphatic rings. The van der Waals surface area contributed by atoms with Gasteiger partial charge >= 0.3 is 0 Å². The van der Waals surface area contributed by atoms with Crippen LogP contribution in [0.3, 0.4) is 0 Å². The molecule has 0 bridgehead atoms. The molecule has 2 heteroatoms. The van der Waals surface area contributed by atoms with Crippen molar-refractivity contribution in [2.45, 2.75) is 32.6 Å². The molecule has 0 atom stereocenters. The Labute approximate surface area is 102 Å². The van der Waals surface area contributed by atoms with Crippen molar-refractivity contribution in [3.63, 3.8) is 0 Å². The smallest absolute Gasteiger partial charge is 0.163 e. The lowest BCUT2D eigenvalue weighted by molar-refractivity contribution is 0.0972. The van der Waals surface area contributed by atoms with Crippen LogP contribution in [0.25, 0.3) is 0 Å². The number of carbonyl (C=O) groups excluding carboxylic acids is 1. The van der Waals surface area contributed by atoms with Gasteiger partial charge in [-0.15, -0.1) is 0 Å². The highest BCUT2D eigenvalue weighted by Gasteiger charge is 2.17. The number of hydrogen-bond acceptors (Lipinski definition) is 2. The minimum atomic E-state index is 0.242. The zero-order valence-electron chi connectivity index (χ0n) is 10.3. The van der Waals surface area contributed by atoms with Gasteiger partial charge in [0.1, 0.15) is 12.4 Å². The molecule has 2 rings (SSSR count). The molecule has 0 radical (unpaired) electrons.